The van der Waals surface area contributed by atoms with Crippen LogP contribution in [0.1, 0.15) is 31.4 Å². The summed E-state index contributed by atoms with van der Waals surface area (Å²) in [4.78, 5) is 6.88. The first kappa shape index (κ1) is 19.5. The van der Waals surface area contributed by atoms with Gasteiger partial charge in [0.25, 0.3) is 0 Å². The van der Waals surface area contributed by atoms with E-state index in [1.807, 2.05) is 24.3 Å². The summed E-state index contributed by atoms with van der Waals surface area (Å²) >= 11 is 5.57. The molecular formula is C23H26N4OS. The minimum atomic E-state index is 0.102. The maximum Gasteiger partial charge on any atom is 0.171 e. The Morgan fingerprint density at radius 1 is 1.10 bits per heavy atom. The standard InChI is InChI=1S/C23H26N4OS/c1-16(17-7-9-18(10-8-17)27-14-3-4-15-27)25-23(29)26-20-11-12-21(28-2)22-19(20)6-5-13-24-22/h5-13,16H,3-4,14-15H2,1-2H3,(H2,25,26,29). The van der Waals surface area contributed by atoms with E-state index < -0.39 is 0 Å². The summed E-state index contributed by atoms with van der Waals surface area (Å²) in [5.41, 5.74) is 4.23. The third-order valence-corrected chi connectivity index (χ3v) is 5.63. The lowest BCUT2D eigenvalue weighted by Gasteiger charge is -2.21. The SMILES string of the molecule is COc1ccc(NC(=S)NC(C)c2ccc(N3CCCC3)cc2)c2cccnc12. The molecule has 6 heteroatoms. The van der Waals surface area contributed by atoms with E-state index in [1.54, 1.807) is 13.3 Å². The molecule has 2 heterocycles. The highest BCUT2D eigenvalue weighted by Gasteiger charge is 2.14. The summed E-state index contributed by atoms with van der Waals surface area (Å²) in [5.74, 6) is 0.747. The van der Waals surface area contributed by atoms with Crippen molar-refractivity contribution in [3.8, 4) is 5.75 Å². The Labute approximate surface area is 177 Å². The predicted octanol–water partition coefficient (Wildman–Crippen LogP) is 4.89. The van der Waals surface area contributed by atoms with Gasteiger partial charge in [-0.05, 0) is 73.9 Å². The van der Waals surface area contributed by atoms with E-state index in [0.29, 0.717) is 5.11 Å². The van der Waals surface area contributed by atoms with Crippen molar-refractivity contribution in [3.63, 3.8) is 0 Å². The van der Waals surface area contributed by atoms with Crippen molar-refractivity contribution in [2.45, 2.75) is 25.8 Å². The third kappa shape index (κ3) is 4.27. The highest BCUT2D eigenvalue weighted by atomic mass is 32.1. The van der Waals surface area contributed by atoms with Gasteiger partial charge in [-0.25, -0.2) is 0 Å². The summed E-state index contributed by atoms with van der Waals surface area (Å²) in [6.07, 6.45) is 4.34. The summed E-state index contributed by atoms with van der Waals surface area (Å²) in [6.45, 7) is 4.43. The highest BCUT2D eigenvalue weighted by molar-refractivity contribution is 7.80. The Kier molecular flexibility index (Phi) is 5.81. The lowest BCUT2D eigenvalue weighted by molar-refractivity contribution is 0.419. The van der Waals surface area contributed by atoms with Gasteiger partial charge in [-0.3, -0.25) is 4.98 Å². The van der Waals surface area contributed by atoms with Crippen molar-refractivity contribution in [1.29, 1.82) is 0 Å². The van der Waals surface area contributed by atoms with E-state index in [4.69, 9.17) is 17.0 Å². The number of hydrogen-bond acceptors (Lipinski definition) is 4. The molecule has 1 unspecified atom stereocenters. The molecule has 0 saturated carbocycles. The van der Waals surface area contributed by atoms with E-state index in [2.05, 4.69) is 51.7 Å². The molecule has 0 spiro atoms. The molecule has 0 bridgehead atoms. The van der Waals surface area contributed by atoms with Crippen LogP contribution in [-0.4, -0.2) is 30.3 Å². The van der Waals surface area contributed by atoms with Crippen LogP contribution in [0, 0.1) is 0 Å². The van der Waals surface area contributed by atoms with Gasteiger partial charge >= 0.3 is 0 Å². The van der Waals surface area contributed by atoms with Crippen LogP contribution >= 0.6 is 12.2 Å². The second kappa shape index (κ2) is 8.66. The molecule has 0 radical (unpaired) electrons. The minimum absolute atomic E-state index is 0.102. The number of pyridine rings is 1. The topological polar surface area (TPSA) is 49.4 Å². The number of thiocarbonyl (C=S) groups is 1. The summed E-state index contributed by atoms with van der Waals surface area (Å²) < 4.78 is 5.41. The first-order valence-electron chi connectivity index (χ1n) is 10.00. The second-order valence-electron chi connectivity index (χ2n) is 7.32. The molecule has 4 rings (SSSR count). The van der Waals surface area contributed by atoms with Gasteiger partial charge in [-0.15, -0.1) is 0 Å². The second-order valence-corrected chi connectivity index (χ2v) is 7.73. The summed E-state index contributed by atoms with van der Waals surface area (Å²) in [7, 11) is 1.65. The first-order chi connectivity index (χ1) is 14.2. The molecule has 2 aromatic carbocycles. The summed E-state index contributed by atoms with van der Waals surface area (Å²) in [5, 5.41) is 8.24. The normalized spacial score (nSPS) is 14.6. The van der Waals surface area contributed by atoms with Crippen molar-refractivity contribution >= 4 is 39.6 Å². The van der Waals surface area contributed by atoms with Crippen molar-refractivity contribution in [3.05, 3.63) is 60.3 Å². The van der Waals surface area contributed by atoms with Crippen molar-refractivity contribution < 1.29 is 4.74 Å². The number of rotatable bonds is 5. The average Bonchev–Trinajstić information content (AvgIpc) is 3.29. The number of ether oxygens (including phenoxy) is 1. The lowest BCUT2D eigenvalue weighted by Crippen LogP contribution is -2.31. The van der Waals surface area contributed by atoms with Gasteiger partial charge < -0.3 is 20.3 Å². The number of aromatic nitrogens is 1. The van der Waals surface area contributed by atoms with Crippen molar-refractivity contribution in [2.75, 3.05) is 30.4 Å². The van der Waals surface area contributed by atoms with Gasteiger partial charge in [0, 0.05) is 36.0 Å². The molecule has 1 aromatic heterocycles. The van der Waals surface area contributed by atoms with Gasteiger partial charge in [-0.1, -0.05) is 12.1 Å². The van der Waals surface area contributed by atoms with Crippen molar-refractivity contribution in [2.24, 2.45) is 0 Å². The molecule has 29 heavy (non-hydrogen) atoms. The van der Waals surface area contributed by atoms with E-state index in [9.17, 15) is 0 Å². The number of nitrogens with zero attached hydrogens (tertiary/aromatic N) is 2. The number of nitrogens with one attached hydrogen (secondary N) is 2. The number of methoxy groups -OCH3 is 1. The molecule has 2 N–H and O–H groups in total. The number of anilines is 2. The average molecular weight is 407 g/mol. The highest BCUT2D eigenvalue weighted by Crippen LogP contribution is 2.30. The van der Waals surface area contributed by atoms with E-state index in [0.717, 1.165) is 35.4 Å². The maximum absolute atomic E-state index is 5.57. The number of hydrogen-bond donors (Lipinski definition) is 2. The molecule has 5 nitrogen and oxygen atoms in total. The zero-order valence-corrected chi connectivity index (χ0v) is 17.6. The Morgan fingerprint density at radius 3 is 2.59 bits per heavy atom. The fraction of sp³-hybridized carbons (Fsp3) is 0.304. The zero-order chi connectivity index (χ0) is 20.2. The fourth-order valence-electron chi connectivity index (χ4n) is 3.81. The molecule has 1 saturated heterocycles. The Balaban J connectivity index is 1.44. The third-order valence-electron chi connectivity index (χ3n) is 5.41. The first-order valence-corrected chi connectivity index (χ1v) is 10.4. The largest absolute Gasteiger partial charge is 0.494 e. The fourth-order valence-corrected chi connectivity index (χ4v) is 4.09. The van der Waals surface area contributed by atoms with Gasteiger partial charge in [-0.2, -0.15) is 0 Å². The quantitative estimate of drug-likeness (QED) is 0.588. The molecule has 1 atom stereocenters. The molecule has 0 amide bonds. The Morgan fingerprint density at radius 2 is 1.86 bits per heavy atom. The Bertz CT molecular complexity index is 999. The van der Waals surface area contributed by atoms with Crippen molar-refractivity contribution in [1.82, 2.24) is 10.3 Å². The van der Waals surface area contributed by atoms with E-state index in [1.165, 1.54) is 24.1 Å². The molecule has 0 aliphatic carbocycles. The monoisotopic (exact) mass is 406 g/mol. The molecule has 1 fully saturated rings. The molecule has 150 valence electrons. The van der Waals surface area contributed by atoms with E-state index in [-0.39, 0.29) is 6.04 Å². The van der Waals surface area contributed by atoms with Gasteiger partial charge in [0.05, 0.1) is 13.2 Å². The smallest absolute Gasteiger partial charge is 0.171 e. The van der Waals surface area contributed by atoms with Crippen LogP contribution in [0.15, 0.2) is 54.7 Å². The molecule has 1 aliphatic heterocycles. The van der Waals surface area contributed by atoms with Crippen LogP contribution in [-0.2, 0) is 0 Å². The maximum atomic E-state index is 5.57. The molecule has 3 aromatic rings. The summed E-state index contributed by atoms with van der Waals surface area (Å²) in [6, 6.07) is 16.7. The molecule has 1 aliphatic rings. The van der Waals surface area contributed by atoms with Gasteiger partial charge in [0.15, 0.2) is 5.11 Å². The predicted molar refractivity (Wildman–Crippen MR) is 124 cm³/mol. The van der Waals surface area contributed by atoms with Crippen LogP contribution < -0.4 is 20.3 Å². The van der Waals surface area contributed by atoms with Crippen LogP contribution in [0.4, 0.5) is 11.4 Å². The zero-order valence-electron chi connectivity index (χ0n) is 16.8. The van der Waals surface area contributed by atoms with Crippen LogP contribution in [0.2, 0.25) is 0 Å². The van der Waals surface area contributed by atoms with Crippen LogP contribution in [0.3, 0.4) is 0 Å². The van der Waals surface area contributed by atoms with Gasteiger partial charge in [0.1, 0.15) is 11.3 Å². The molecular weight excluding hydrogens is 380 g/mol. The minimum Gasteiger partial charge on any atom is -0.494 e. The van der Waals surface area contributed by atoms with Crippen LogP contribution in [0.25, 0.3) is 10.9 Å². The lowest BCUT2D eigenvalue weighted by atomic mass is 10.1. The number of fused-ring (bicyclic) bond motifs is 1. The Hall–Kier alpha value is -2.86. The van der Waals surface area contributed by atoms with Crippen LogP contribution in [0.5, 0.6) is 5.75 Å². The van der Waals surface area contributed by atoms with Gasteiger partial charge in [0.2, 0.25) is 0 Å². The number of benzene rings is 2. The van der Waals surface area contributed by atoms with E-state index >= 15 is 0 Å².